The Morgan fingerprint density at radius 2 is 1.92 bits per heavy atom. The van der Waals surface area contributed by atoms with Crippen LogP contribution >= 0.6 is 0 Å². The van der Waals surface area contributed by atoms with Crippen LogP contribution in [-0.4, -0.2) is 18.8 Å². The second-order valence-electron chi connectivity index (χ2n) is 3.70. The minimum atomic E-state index is 0.191. The van der Waals surface area contributed by atoms with Crippen LogP contribution in [0.25, 0.3) is 0 Å². The summed E-state index contributed by atoms with van der Waals surface area (Å²) in [5, 5.41) is 0. The summed E-state index contributed by atoms with van der Waals surface area (Å²) in [6.07, 6.45) is 7.16. The molecule has 0 unspecified atom stereocenters. The molecular formula is C10H20NO. The number of ether oxygens (including phenoxy) is 1. The van der Waals surface area contributed by atoms with Crippen molar-refractivity contribution >= 4 is 0 Å². The molecular weight excluding hydrogens is 150 g/mol. The Bertz CT molecular complexity index is 108. The lowest BCUT2D eigenvalue weighted by atomic mass is 9.94. The van der Waals surface area contributed by atoms with E-state index in [-0.39, 0.29) is 6.04 Å². The van der Waals surface area contributed by atoms with E-state index in [0.717, 1.165) is 32.3 Å². The third-order valence-corrected chi connectivity index (χ3v) is 2.53. The predicted molar refractivity (Wildman–Crippen MR) is 50.0 cm³/mol. The van der Waals surface area contributed by atoms with Crippen LogP contribution in [0.3, 0.4) is 0 Å². The highest BCUT2D eigenvalue weighted by atomic mass is 16.5. The van der Waals surface area contributed by atoms with Gasteiger partial charge in [-0.1, -0.05) is 13.3 Å². The van der Waals surface area contributed by atoms with Gasteiger partial charge >= 0.3 is 0 Å². The number of hydrogen-bond acceptors (Lipinski definition) is 1. The minimum absolute atomic E-state index is 0.191. The normalized spacial score (nSPS) is 30.5. The molecule has 1 aliphatic carbocycles. The largest absolute Gasteiger partial charge is 0.378 e. The van der Waals surface area contributed by atoms with Gasteiger partial charge in [0.1, 0.15) is 0 Å². The molecule has 0 spiro atoms. The second-order valence-corrected chi connectivity index (χ2v) is 3.70. The highest BCUT2D eigenvalue weighted by Crippen LogP contribution is 2.20. The zero-order valence-corrected chi connectivity index (χ0v) is 8.01. The lowest BCUT2D eigenvalue weighted by molar-refractivity contribution is 0.0232. The molecule has 0 amide bonds. The molecule has 0 atom stereocenters. The summed E-state index contributed by atoms with van der Waals surface area (Å²) in [4.78, 5) is 0. The van der Waals surface area contributed by atoms with Gasteiger partial charge in [0.2, 0.25) is 0 Å². The fourth-order valence-corrected chi connectivity index (χ4v) is 1.62. The molecule has 1 radical (unpaired) electrons. The molecule has 1 aliphatic rings. The summed E-state index contributed by atoms with van der Waals surface area (Å²) < 4.78 is 5.69. The molecule has 2 nitrogen and oxygen atoms in total. The standard InChI is InChI=1S/C10H20NO/c1-2-3-8-12-10-6-4-9(11)5-7-10/h9-11H,2-8H2,1H3/t9-,10+. The summed E-state index contributed by atoms with van der Waals surface area (Å²) in [6.45, 7) is 3.11. The maximum atomic E-state index is 7.52. The van der Waals surface area contributed by atoms with Crippen molar-refractivity contribution in [1.29, 1.82) is 0 Å². The van der Waals surface area contributed by atoms with Crippen LogP contribution in [0.1, 0.15) is 45.4 Å². The molecule has 0 aliphatic heterocycles. The quantitative estimate of drug-likeness (QED) is 0.596. The molecule has 0 heterocycles. The summed E-state index contributed by atoms with van der Waals surface area (Å²) in [5.41, 5.74) is 7.52. The first-order valence-electron chi connectivity index (χ1n) is 5.15. The van der Waals surface area contributed by atoms with Gasteiger partial charge in [-0.15, -0.1) is 0 Å². The van der Waals surface area contributed by atoms with Crippen molar-refractivity contribution in [2.75, 3.05) is 6.61 Å². The molecule has 12 heavy (non-hydrogen) atoms. The maximum Gasteiger partial charge on any atom is 0.0576 e. The average molecular weight is 170 g/mol. The molecule has 1 fully saturated rings. The fraction of sp³-hybridized carbons (Fsp3) is 1.00. The molecule has 1 N–H and O–H groups in total. The van der Waals surface area contributed by atoms with Crippen LogP contribution in [0.5, 0.6) is 0 Å². The topological polar surface area (TPSA) is 33.0 Å². The molecule has 0 saturated heterocycles. The predicted octanol–water partition coefficient (Wildman–Crippen LogP) is 2.40. The Hall–Kier alpha value is -0.0800. The molecule has 71 valence electrons. The summed E-state index contributed by atoms with van der Waals surface area (Å²) in [7, 11) is 0. The van der Waals surface area contributed by atoms with Crippen molar-refractivity contribution in [3.63, 3.8) is 0 Å². The number of rotatable bonds is 4. The molecule has 0 aromatic heterocycles. The van der Waals surface area contributed by atoms with E-state index in [1.807, 2.05) is 0 Å². The van der Waals surface area contributed by atoms with Gasteiger partial charge in [-0.05, 0) is 32.1 Å². The average Bonchev–Trinajstić information content (AvgIpc) is 2.09. The first-order chi connectivity index (χ1) is 5.83. The lowest BCUT2D eigenvalue weighted by Crippen LogP contribution is -2.25. The van der Waals surface area contributed by atoms with Gasteiger partial charge in [-0.2, -0.15) is 0 Å². The Morgan fingerprint density at radius 3 is 2.50 bits per heavy atom. The highest BCUT2D eigenvalue weighted by Gasteiger charge is 2.18. The van der Waals surface area contributed by atoms with Gasteiger partial charge in [0.15, 0.2) is 0 Å². The third kappa shape index (κ3) is 3.55. The molecule has 2 heteroatoms. The Morgan fingerprint density at radius 1 is 1.25 bits per heavy atom. The van der Waals surface area contributed by atoms with Gasteiger partial charge in [0.05, 0.1) is 6.10 Å². The Balaban J connectivity index is 2.01. The van der Waals surface area contributed by atoms with E-state index in [1.165, 1.54) is 12.8 Å². The first-order valence-corrected chi connectivity index (χ1v) is 5.15. The van der Waals surface area contributed by atoms with E-state index in [0.29, 0.717) is 6.10 Å². The van der Waals surface area contributed by atoms with E-state index in [4.69, 9.17) is 10.5 Å². The van der Waals surface area contributed by atoms with E-state index < -0.39 is 0 Å². The summed E-state index contributed by atoms with van der Waals surface area (Å²) in [6, 6.07) is 0.191. The minimum Gasteiger partial charge on any atom is -0.378 e. The van der Waals surface area contributed by atoms with Gasteiger partial charge in [-0.25, -0.2) is 0 Å². The second kappa shape index (κ2) is 5.55. The zero-order valence-electron chi connectivity index (χ0n) is 8.01. The smallest absolute Gasteiger partial charge is 0.0576 e. The van der Waals surface area contributed by atoms with Crippen molar-refractivity contribution < 1.29 is 4.74 Å². The SMILES string of the molecule is CCCCO[C@H]1CC[C@@H]([NH])CC1. The number of unbranched alkanes of at least 4 members (excludes halogenated alkanes) is 1. The third-order valence-electron chi connectivity index (χ3n) is 2.53. The molecule has 0 aromatic rings. The van der Waals surface area contributed by atoms with Gasteiger partial charge < -0.3 is 4.74 Å². The van der Waals surface area contributed by atoms with E-state index >= 15 is 0 Å². The van der Waals surface area contributed by atoms with Crippen LogP contribution in [-0.2, 0) is 4.74 Å². The maximum absolute atomic E-state index is 7.52. The van der Waals surface area contributed by atoms with Gasteiger partial charge in [-0.3, -0.25) is 5.73 Å². The number of hydrogen-bond donors (Lipinski definition) is 0. The lowest BCUT2D eigenvalue weighted by Gasteiger charge is -2.25. The van der Waals surface area contributed by atoms with E-state index in [1.54, 1.807) is 0 Å². The fourth-order valence-electron chi connectivity index (χ4n) is 1.62. The molecule has 0 bridgehead atoms. The van der Waals surface area contributed by atoms with Crippen molar-refractivity contribution in [3.8, 4) is 0 Å². The van der Waals surface area contributed by atoms with Crippen molar-refractivity contribution in [2.24, 2.45) is 0 Å². The van der Waals surface area contributed by atoms with E-state index in [2.05, 4.69) is 6.92 Å². The zero-order chi connectivity index (χ0) is 8.81. The van der Waals surface area contributed by atoms with Crippen LogP contribution in [0, 0.1) is 0 Å². The molecule has 1 rings (SSSR count). The summed E-state index contributed by atoms with van der Waals surface area (Å²) >= 11 is 0. The van der Waals surface area contributed by atoms with Crippen LogP contribution < -0.4 is 5.73 Å². The Kier molecular flexibility index (Phi) is 4.62. The van der Waals surface area contributed by atoms with Crippen molar-refractivity contribution in [2.45, 2.75) is 57.6 Å². The van der Waals surface area contributed by atoms with Crippen molar-refractivity contribution in [3.05, 3.63) is 0 Å². The van der Waals surface area contributed by atoms with Gasteiger partial charge in [0.25, 0.3) is 0 Å². The number of nitrogens with one attached hydrogen (secondary N) is 1. The van der Waals surface area contributed by atoms with Crippen LogP contribution in [0.15, 0.2) is 0 Å². The molecule has 1 saturated carbocycles. The van der Waals surface area contributed by atoms with Crippen LogP contribution in [0.4, 0.5) is 0 Å². The van der Waals surface area contributed by atoms with Crippen molar-refractivity contribution in [1.82, 2.24) is 5.73 Å². The van der Waals surface area contributed by atoms with Gasteiger partial charge in [0, 0.05) is 12.6 Å². The monoisotopic (exact) mass is 170 g/mol. The Labute approximate surface area is 75.5 Å². The summed E-state index contributed by atoms with van der Waals surface area (Å²) in [5.74, 6) is 0. The van der Waals surface area contributed by atoms with E-state index in [9.17, 15) is 0 Å². The first kappa shape index (κ1) is 10.0. The van der Waals surface area contributed by atoms with Crippen LogP contribution in [0.2, 0.25) is 0 Å². The molecule has 0 aromatic carbocycles. The highest BCUT2D eigenvalue weighted by molar-refractivity contribution is 4.73.